The van der Waals surface area contributed by atoms with Crippen LogP contribution in [0.2, 0.25) is 0 Å². The lowest BCUT2D eigenvalue weighted by molar-refractivity contribution is -0.112. The second-order valence-corrected chi connectivity index (χ2v) is 3.09. The topological polar surface area (TPSA) is 29.5 Å². The van der Waals surface area contributed by atoms with Crippen LogP contribution in [0.1, 0.15) is 6.92 Å². The van der Waals surface area contributed by atoms with E-state index in [0.29, 0.717) is 13.2 Å². The Hall–Kier alpha value is -0.890. The fourth-order valence-corrected chi connectivity index (χ4v) is 1.42. The van der Waals surface area contributed by atoms with Gasteiger partial charge in [-0.1, -0.05) is 6.58 Å². The molecule has 1 rings (SSSR count). The van der Waals surface area contributed by atoms with Crippen LogP contribution in [0, 0.1) is 0 Å². The Kier molecular flexibility index (Phi) is 3.90. The molecule has 0 aromatic rings. The molecular formula is C10H15NO2. The van der Waals surface area contributed by atoms with Crippen LogP contribution in [0.4, 0.5) is 0 Å². The van der Waals surface area contributed by atoms with E-state index in [9.17, 15) is 4.79 Å². The molecule has 0 aromatic heterocycles. The summed E-state index contributed by atoms with van der Waals surface area (Å²) in [5.41, 5.74) is 3.65. The molecule has 1 unspecified atom stereocenters. The number of hydrogen-bond acceptors (Lipinski definition) is 3. The summed E-state index contributed by atoms with van der Waals surface area (Å²) in [6.07, 6.45) is 0.943. The maximum absolute atomic E-state index is 10.8. The summed E-state index contributed by atoms with van der Waals surface area (Å²) in [4.78, 5) is 12.9. The van der Waals surface area contributed by atoms with Crippen molar-refractivity contribution in [2.75, 3.05) is 26.3 Å². The molecule has 0 bridgehead atoms. The fraction of sp³-hybridized carbons (Fsp3) is 0.600. The van der Waals surface area contributed by atoms with Gasteiger partial charge in [-0.25, -0.2) is 0 Å². The maximum atomic E-state index is 10.8. The van der Waals surface area contributed by atoms with Crippen molar-refractivity contribution >= 4 is 6.29 Å². The van der Waals surface area contributed by atoms with E-state index in [0.717, 1.165) is 24.9 Å². The molecule has 0 amide bonds. The second kappa shape index (κ2) is 4.97. The van der Waals surface area contributed by atoms with Crippen LogP contribution < -0.4 is 0 Å². The minimum Gasteiger partial charge on any atom is -0.379 e. The Bertz CT molecular complexity index is 225. The van der Waals surface area contributed by atoms with E-state index in [2.05, 4.69) is 17.2 Å². The van der Waals surface area contributed by atoms with Crippen LogP contribution in [0.15, 0.2) is 17.9 Å². The van der Waals surface area contributed by atoms with Gasteiger partial charge in [0.1, 0.15) is 6.29 Å². The molecule has 1 aliphatic heterocycles. The molecule has 0 saturated carbocycles. The van der Waals surface area contributed by atoms with Gasteiger partial charge in [-0.15, -0.1) is 5.73 Å². The van der Waals surface area contributed by atoms with E-state index in [1.54, 1.807) is 0 Å². The lowest BCUT2D eigenvalue weighted by atomic mass is 10.1. The molecule has 0 aromatic carbocycles. The summed E-state index contributed by atoms with van der Waals surface area (Å²) >= 11 is 0. The van der Waals surface area contributed by atoms with Crippen LogP contribution in [-0.4, -0.2) is 43.5 Å². The van der Waals surface area contributed by atoms with Crippen LogP contribution in [-0.2, 0) is 9.53 Å². The van der Waals surface area contributed by atoms with Crippen molar-refractivity contribution < 1.29 is 9.53 Å². The number of ether oxygens (including phenoxy) is 1. The van der Waals surface area contributed by atoms with Crippen LogP contribution in [0.5, 0.6) is 0 Å². The third-order valence-corrected chi connectivity index (χ3v) is 2.29. The number of nitrogens with zero attached hydrogens (tertiary/aromatic N) is 1. The number of hydrogen-bond donors (Lipinski definition) is 0. The van der Waals surface area contributed by atoms with Gasteiger partial charge in [0.05, 0.1) is 19.3 Å². The van der Waals surface area contributed by atoms with Crippen molar-refractivity contribution in [3.63, 3.8) is 0 Å². The lowest BCUT2D eigenvalue weighted by Gasteiger charge is -2.31. The van der Waals surface area contributed by atoms with Gasteiger partial charge in [0.2, 0.25) is 0 Å². The van der Waals surface area contributed by atoms with Crippen molar-refractivity contribution in [3.8, 4) is 0 Å². The molecular weight excluding hydrogens is 166 g/mol. The van der Waals surface area contributed by atoms with Crippen molar-refractivity contribution in [1.29, 1.82) is 0 Å². The predicted octanol–water partition coefficient (Wildman–Crippen LogP) is 0.617. The zero-order valence-electron chi connectivity index (χ0n) is 7.95. The summed E-state index contributed by atoms with van der Waals surface area (Å²) in [6.45, 7) is 8.44. The second-order valence-electron chi connectivity index (χ2n) is 3.09. The zero-order valence-corrected chi connectivity index (χ0v) is 7.95. The maximum Gasteiger partial charge on any atom is 0.141 e. The van der Waals surface area contributed by atoms with Gasteiger partial charge in [-0.2, -0.15) is 0 Å². The number of aldehydes is 1. The minimum atomic E-state index is -0.165. The highest BCUT2D eigenvalue weighted by atomic mass is 16.5. The van der Waals surface area contributed by atoms with E-state index >= 15 is 0 Å². The molecule has 0 radical (unpaired) electrons. The van der Waals surface area contributed by atoms with E-state index in [1.165, 1.54) is 0 Å². The van der Waals surface area contributed by atoms with Gasteiger partial charge in [0, 0.05) is 13.1 Å². The summed E-state index contributed by atoms with van der Waals surface area (Å²) in [5.74, 6) is 0. The third kappa shape index (κ3) is 2.52. The average molecular weight is 181 g/mol. The first-order chi connectivity index (χ1) is 6.29. The molecule has 0 spiro atoms. The molecule has 1 atom stereocenters. The predicted molar refractivity (Wildman–Crippen MR) is 50.6 cm³/mol. The van der Waals surface area contributed by atoms with Gasteiger partial charge < -0.3 is 9.53 Å². The quantitative estimate of drug-likeness (QED) is 0.472. The molecule has 1 saturated heterocycles. The smallest absolute Gasteiger partial charge is 0.141 e. The Labute approximate surface area is 78.7 Å². The van der Waals surface area contributed by atoms with Crippen LogP contribution in [0.25, 0.3) is 0 Å². The summed E-state index contributed by atoms with van der Waals surface area (Å²) in [5, 5.41) is 0. The monoisotopic (exact) mass is 181 g/mol. The van der Waals surface area contributed by atoms with Crippen molar-refractivity contribution in [2.45, 2.75) is 13.0 Å². The SMILES string of the molecule is C=C=C(C)C(C=O)N1CCOCC1. The summed E-state index contributed by atoms with van der Waals surface area (Å²) in [6, 6.07) is -0.165. The molecule has 3 nitrogen and oxygen atoms in total. The normalized spacial score (nSPS) is 20.4. The first-order valence-corrected chi connectivity index (χ1v) is 4.43. The highest BCUT2D eigenvalue weighted by molar-refractivity contribution is 5.63. The van der Waals surface area contributed by atoms with E-state index in [-0.39, 0.29) is 6.04 Å². The van der Waals surface area contributed by atoms with Gasteiger partial charge in [0.25, 0.3) is 0 Å². The largest absolute Gasteiger partial charge is 0.379 e. The molecule has 0 aliphatic carbocycles. The van der Waals surface area contributed by atoms with Crippen molar-refractivity contribution in [1.82, 2.24) is 4.90 Å². The summed E-state index contributed by atoms with van der Waals surface area (Å²) in [7, 11) is 0. The molecule has 3 heteroatoms. The van der Waals surface area contributed by atoms with Gasteiger partial charge in [-0.05, 0) is 12.5 Å². The molecule has 72 valence electrons. The van der Waals surface area contributed by atoms with Gasteiger partial charge in [-0.3, -0.25) is 4.90 Å². The highest BCUT2D eigenvalue weighted by Gasteiger charge is 2.21. The van der Waals surface area contributed by atoms with E-state index in [1.807, 2.05) is 6.92 Å². The van der Waals surface area contributed by atoms with Crippen molar-refractivity contribution in [2.24, 2.45) is 0 Å². The number of carbonyl (C=O) groups excluding carboxylic acids is 1. The third-order valence-electron chi connectivity index (χ3n) is 2.29. The lowest BCUT2D eigenvalue weighted by Crippen LogP contribution is -2.44. The van der Waals surface area contributed by atoms with Crippen LogP contribution in [0.3, 0.4) is 0 Å². The molecule has 1 heterocycles. The molecule has 0 N–H and O–H groups in total. The Balaban J connectivity index is 2.64. The standard InChI is InChI=1S/C10H15NO2/c1-3-9(2)10(8-12)11-4-6-13-7-5-11/h8,10H,1,4-7H2,2H3. The zero-order chi connectivity index (χ0) is 9.68. The molecule has 1 fully saturated rings. The number of morpholine rings is 1. The van der Waals surface area contributed by atoms with E-state index in [4.69, 9.17) is 4.74 Å². The van der Waals surface area contributed by atoms with Crippen LogP contribution >= 0.6 is 0 Å². The van der Waals surface area contributed by atoms with Gasteiger partial charge in [0.15, 0.2) is 0 Å². The first-order valence-electron chi connectivity index (χ1n) is 4.43. The summed E-state index contributed by atoms with van der Waals surface area (Å²) < 4.78 is 5.20. The minimum absolute atomic E-state index is 0.165. The number of rotatable bonds is 3. The molecule has 13 heavy (non-hydrogen) atoms. The molecule has 1 aliphatic rings. The fourth-order valence-electron chi connectivity index (χ4n) is 1.42. The highest BCUT2D eigenvalue weighted by Crippen LogP contribution is 2.09. The van der Waals surface area contributed by atoms with Crippen molar-refractivity contribution in [3.05, 3.63) is 17.9 Å². The Morgan fingerprint density at radius 2 is 2.23 bits per heavy atom. The van der Waals surface area contributed by atoms with E-state index < -0.39 is 0 Å². The van der Waals surface area contributed by atoms with Gasteiger partial charge >= 0.3 is 0 Å². The first kappa shape index (κ1) is 10.2. The average Bonchev–Trinajstić information content (AvgIpc) is 2.20. The Morgan fingerprint density at radius 1 is 1.62 bits per heavy atom. The number of carbonyl (C=O) groups is 1. The Morgan fingerprint density at radius 3 is 2.69 bits per heavy atom.